The number of thioether (sulfide) groups is 1. The summed E-state index contributed by atoms with van der Waals surface area (Å²) >= 11 is 1.55. The molecule has 0 aliphatic carbocycles. The first-order valence-corrected chi connectivity index (χ1v) is 33.8. The summed E-state index contributed by atoms with van der Waals surface area (Å²) in [5.74, 6) is -6.63. The summed E-state index contributed by atoms with van der Waals surface area (Å²) < 4.78 is 31.9. The average Bonchev–Trinajstić information content (AvgIpc) is 0.816. The number of methoxy groups -OCH3 is 6. The van der Waals surface area contributed by atoms with E-state index in [9.17, 15) is 98.1 Å². The fraction of sp³-hybridized carbons (Fsp3) is 0.189. The Morgan fingerprint density at radius 2 is 0.793 bits per heavy atom. The molecule has 7 aromatic carbocycles. The molecule has 8 rings (SSSR count). The van der Waals surface area contributed by atoms with E-state index < -0.39 is 97.2 Å². The van der Waals surface area contributed by atoms with E-state index in [0.717, 1.165) is 12.9 Å². The van der Waals surface area contributed by atoms with Crippen LogP contribution in [0.1, 0.15) is 102 Å². The van der Waals surface area contributed by atoms with E-state index >= 15 is 0 Å². The van der Waals surface area contributed by atoms with Gasteiger partial charge in [0.25, 0.3) is 28.9 Å². The number of carbonyl (C=O) groups excluding carboxylic acids is 11. The molecule has 0 spiro atoms. The summed E-state index contributed by atoms with van der Waals surface area (Å²) in [5.41, 5.74) is 18.2. The first kappa shape index (κ1) is 96.4. The number of nitrogens with one attached hydrogen (secondary N) is 3. The maximum absolute atomic E-state index is 12.5. The van der Waals surface area contributed by atoms with Gasteiger partial charge in [-0.15, -0.1) is 20.5 Å². The maximum Gasteiger partial charge on any atom is 0.340 e. The van der Waals surface area contributed by atoms with Crippen LogP contribution in [0.5, 0.6) is 0 Å². The highest BCUT2D eigenvalue weighted by Gasteiger charge is 2.22. The number of nitro benzene ring substituents is 3. The standard InChI is InChI=1S/C20H18N4O8.C20H20N4O6.C10H10N2O4.C10H11NO4.C6H6N2O2.C4H8O2S.C4H4O2/c1-11(25)17(18(26)21-13-5-7-14(8-6-13)24(29)30)23-22-16-10-12(19(27)31-2)4-9-15(16)20(28)32-3;1-11(25)17(18(26)22-14-7-5-13(21)6-8-14)24-23-16-10-12(19(27)29-2)4-9-15(16)20(28)30-3;1-7(13)6-10(14)11-8-2-4-9(5-3-8)12(15)16;1-14-9(12)6-3-4-7(8(11)5-6)10(13)15-2;7-5-1-3-6(4-2-5)8(9)10;1-7-3-2-4(5)6;1-3-2-4(5)6-3/h4-10,25H,1-3H3,(H,21,26);4-10,25H,21H2,1-3H3,(H,22,26);2-5H,6H2,1H3,(H,11,14);3-5H,11H2,1-2H3;1-4H,7H2;2-3H2,1H3,(H,5,6);1-2H2. The first-order valence-electron chi connectivity index (χ1n) is 32.4. The summed E-state index contributed by atoms with van der Waals surface area (Å²) in [6.45, 7) is 7.13. The van der Waals surface area contributed by atoms with Crippen molar-refractivity contribution in [1.82, 2.24) is 0 Å². The maximum atomic E-state index is 12.5. The number of rotatable bonds is 23. The average molecular weight is 1630 g/mol. The molecule has 0 bridgehead atoms. The molecule has 7 aromatic rings. The van der Waals surface area contributed by atoms with Gasteiger partial charge < -0.3 is 81.6 Å². The van der Waals surface area contributed by atoms with Crippen LogP contribution in [-0.2, 0) is 61.9 Å². The number of anilines is 6. The summed E-state index contributed by atoms with van der Waals surface area (Å²) in [4.78, 5) is 166. The number of ether oxygens (including phenoxy) is 7. The first-order chi connectivity index (χ1) is 54.8. The molecule has 42 heteroatoms. The summed E-state index contributed by atoms with van der Waals surface area (Å²) in [6, 6.07) is 34.4. The Morgan fingerprint density at radius 3 is 1.07 bits per heavy atom. The van der Waals surface area contributed by atoms with Crippen molar-refractivity contribution in [2.45, 2.75) is 40.0 Å². The quantitative estimate of drug-likeness (QED) is 0.00330. The minimum atomic E-state index is -0.869. The molecule has 612 valence electrons. The van der Waals surface area contributed by atoms with Crippen LogP contribution in [-0.4, -0.2) is 156 Å². The molecular formula is C74H77N13O28S. The predicted molar refractivity (Wildman–Crippen MR) is 418 cm³/mol. The van der Waals surface area contributed by atoms with Gasteiger partial charge in [-0.05, 0) is 142 Å². The molecule has 0 aromatic heterocycles. The van der Waals surface area contributed by atoms with Crippen LogP contribution in [0, 0.1) is 30.3 Å². The second-order valence-corrected chi connectivity index (χ2v) is 23.2. The van der Waals surface area contributed by atoms with Crippen LogP contribution in [0.2, 0.25) is 0 Å². The van der Waals surface area contributed by atoms with Gasteiger partial charge in [-0.3, -0.25) is 59.1 Å². The number of nitrogens with zero attached hydrogens (tertiary/aromatic N) is 7. The molecule has 12 N–H and O–H groups in total. The Labute approximate surface area is 662 Å². The van der Waals surface area contributed by atoms with Gasteiger partial charge in [-0.2, -0.15) is 11.8 Å². The number of aliphatic carboxylic acids is 1. The number of carboxylic acid groups (broad SMARTS) is 1. The Bertz CT molecular complexity index is 4870. The summed E-state index contributed by atoms with van der Waals surface area (Å²) in [7, 11) is 7.24. The lowest BCUT2D eigenvalue weighted by molar-refractivity contribution is -0.385. The van der Waals surface area contributed by atoms with E-state index in [-0.39, 0.29) is 92.2 Å². The smallest absolute Gasteiger partial charge is 0.340 e. The molecule has 1 aliphatic rings. The number of nitrogen functional groups attached to an aromatic ring is 3. The van der Waals surface area contributed by atoms with E-state index in [1.165, 1.54) is 184 Å². The summed E-state index contributed by atoms with van der Waals surface area (Å²) in [5, 5.41) is 81.5. The zero-order chi connectivity index (χ0) is 87.5. The number of esters is 7. The minimum absolute atomic E-state index is 0.00258. The Hall–Kier alpha value is -15.7. The molecule has 1 heterocycles. The molecule has 41 nitrogen and oxygen atoms in total. The monoisotopic (exact) mass is 1630 g/mol. The van der Waals surface area contributed by atoms with Gasteiger partial charge in [-0.25, -0.2) is 28.8 Å². The normalized spacial score (nSPS) is 11.0. The number of hydrogen-bond donors (Lipinski definition) is 9. The molecule has 1 saturated heterocycles. The van der Waals surface area contributed by atoms with Crippen molar-refractivity contribution in [1.29, 1.82) is 0 Å². The third-order valence-corrected chi connectivity index (χ3v) is 14.3. The summed E-state index contributed by atoms with van der Waals surface area (Å²) in [6.07, 6.45) is 2.39. The second kappa shape index (κ2) is 49.5. The number of nitrogens with two attached hydrogens (primary N) is 3. The number of carboxylic acids is 1. The van der Waals surface area contributed by atoms with Crippen LogP contribution >= 0.6 is 11.8 Å². The Morgan fingerprint density at radius 1 is 0.483 bits per heavy atom. The van der Waals surface area contributed by atoms with Crippen molar-refractivity contribution in [3.8, 4) is 0 Å². The number of azo groups is 2. The van der Waals surface area contributed by atoms with Gasteiger partial charge in [0, 0.05) is 76.3 Å². The highest BCUT2D eigenvalue weighted by atomic mass is 32.2. The molecule has 116 heavy (non-hydrogen) atoms. The van der Waals surface area contributed by atoms with Crippen LogP contribution in [0.3, 0.4) is 0 Å². The van der Waals surface area contributed by atoms with Gasteiger partial charge in [0.2, 0.25) is 5.91 Å². The largest absolute Gasteiger partial charge is 0.510 e. The minimum Gasteiger partial charge on any atom is -0.510 e. The van der Waals surface area contributed by atoms with Crippen molar-refractivity contribution in [3.05, 3.63) is 251 Å². The molecule has 0 radical (unpaired) electrons. The van der Waals surface area contributed by atoms with E-state index in [1.807, 2.05) is 6.26 Å². The number of allylic oxidation sites excluding steroid dienone is 2. The molecule has 3 amide bonds. The van der Waals surface area contributed by atoms with E-state index in [4.69, 9.17) is 22.3 Å². The van der Waals surface area contributed by atoms with Gasteiger partial charge in [0.15, 0.2) is 11.4 Å². The van der Waals surface area contributed by atoms with E-state index in [0.29, 0.717) is 40.5 Å². The predicted octanol–water partition coefficient (Wildman–Crippen LogP) is 11.8. The zero-order valence-electron chi connectivity index (χ0n) is 63.3. The fourth-order valence-corrected chi connectivity index (χ4v) is 8.35. The number of cyclic esters (lactones) is 1. The van der Waals surface area contributed by atoms with Crippen LogP contribution in [0.15, 0.2) is 207 Å². The number of nitro groups is 3. The third kappa shape index (κ3) is 34.1. The molecule has 0 atom stereocenters. The van der Waals surface area contributed by atoms with Crippen molar-refractivity contribution < 1.29 is 121 Å². The zero-order valence-corrected chi connectivity index (χ0v) is 64.1. The van der Waals surface area contributed by atoms with Gasteiger partial charge in [0.1, 0.15) is 40.9 Å². The number of aliphatic hydroxyl groups excluding tert-OH is 2. The van der Waals surface area contributed by atoms with Crippen LogP contribution in [0.25, 0.3) is 0 Å². The fourth-order valence-electron chi connectivity index (χ4n) is 7.97. The number of amides is 3. The second-order valence-electron chi connectivity index (χ2n) is 22.2. The molecular weight excluding hydrogens is 1550 g/mol. The Kier molecular flexibility index (Phi) is 41.1. The topological polar surface area (TPSA) is 623 Å². The van der Waals surface area contributed by atoms with Gasteiger partial charge >= 0.3 is 47.8 Å². The number of aliphatic hydroxyl groups is 2. The van der Waals surface area contributed by atoms with Crippen LogP contribution in [0.4, 0.5) is 62.6 Å². The highest BCUT2D eigenvalue weighted by molar-refractivity contribution is 7.98. The van der Waals surface area contributed by atoms with Gasteiger partial charge in [0.05, 0.1) is 104 Å². The molecule has 0 saturated carbocycles. The van der Waals surface area contributed by atoms with E-state index in [2.05, 4.69) is 76.1 Å². The van der Waals surface area contributed by atoms with Crippen molar-refractivity contribution in [2.75, 3.05) is 87.8 Å². The van der Waals surface area contributed by atoms with E-state index in [1.54, 1.807) is 36.0 Å². The SMILES string of the molecule is C=C1CC(=O)O1.CC(=O)CC(=O)Nc1ccc([N+](=O)[O-])cc1.COC(=O)c1ccc(C(=O)OC)c(N)c1.COC(=O)c1ccc(C(=O)OC)c(N=NC(C(=O)Nc2ccc(N)cc2)=C(C)O)c1.COC(=O)c1ccc(C(=O)OC)c(N=NC(C(=O)Nc2ccc([N+](=O)[O-])cc2)=C(C)O)c1.CSCCC(=O)O.Nc1ccc([N+](=O)[O-])cc1. The Balaban J connectivity index is 0.000000494. The van der Waals surface area contributed by atoms with Crippen LogP contribution < -0.4 is 33.2 Å². The number of carbonyl (C=O) groups is 12. The van der Waals surface area contributed by atoms with Crippen molar-refractivity contribution in [3.63, 3.8) is 0 Å². The van der Waals surface area contributed by atoms with Gasteiger partial charge in [-0.1, -0.05) is 6.58 Å². The third-order valence-electron chi connectivity index (χ3n) is 13.7. The molecule has 0 unspecified atom stereocenters. The lowest BCUT2D eigenvalue weighted by atomic mass is 10.1. The number of hydrogen-bond acceptors (Lipinski definition) is 35. The molecule has 1 aliphatic heterocycles. The molecule has 1 fully saturated rings. The highest BCUT2D eigenvalue weighted by Crippen LogP contribution is 2.28. The van der Waals surface area contributed by atoms with Crippen molar-refractivity contribution >= 4 is 146 Å². The van der Waals surface area contributed by atoms with Crippen molar-refractivity contribution in [2.24, 2.45) is 20.5 Å². The number of non-ortho nitro benzene ring substituents is 3. The lowest BCUT2D eigenvalue weighted by Gasteiger charge is -2.12. The number of benzene rings is 7. The number of ketones is 1. The number of Topliss-reactive ketones (excluding diaryl/α,β-unsaturated/α-hetero) is 1. The lowest BCUT2D eigenvalue weighted by Crippen LogP contribution is -2.15.